The van der Waals surface area contributed by atoms with E-state index in [4.69, 9.17) is 0 Å². The van der Waals surface area contributed by atoms with Crippen LogP contribution < -0.4 is 5.32 Å². The molecule has 1 atom stereocenters. The van der Waals surface area contributed by atoms with Gasteiger partial charge in [-0.05, 0) is 17.4 Å². The van der Waals surface area contributed by atoms with Gasteiger partial charge in [0.15, 0.2) is 0 Å². The molecule has 0 spiro atoms. The fourth-order valence-electron chi connectivity index (χ4n) is 2.13. The lowest BCUT2D eigenvalue weighted by Crippen LogP contribution is -2.53. The fraction of sp³-hybridized carbons (Fsp3) is 0.500. The molecule has 0 radical (unpaired) electrons. The van der Waals surface area contributed by atoms with Crippen LogP contribution in [-0.2, 0) is 9.59 Å². The molecule has 0 aliphatic carbocycles. The number of nitrogens with zero attached hydrogens (tertiary/aromatic N) is 1. The van der Waals surface area contributed by atoms with Gasteiger partial charge in [-0.2, -0.15) is 0 Å². The molecule has 5 heteroatoms. The van der Waals surface area contributed by atoms with Gasteiger partial charge in [-0.1, -0.05) is 19.9 Å². The fourth-order valence-corrected chi connectivity index (χ4v) is 3.14. The number of carbonyl (C=O) groups is 2. The second-order valence-electron chi connectivity index (χ2n) is 4.50. The summed E-state index contributed by atoms with van der Waals surface area (Å²) in [6.07, 6.45) is 0. The van der Waals surface area contributed by atoms with E-state index >= 15 is 0 Å². The van der Waals surface area contributed by atoms with Crippen LogP contribution in [0.25, 0.3) is 0 Å². The monoisotopic (exact) mass is 252 g/mol. The summed E-state index contributed by atoms with van der Waals surface area (Å²) in [5.41, 5.74) is 0. The highest BCUT2D eigenvalue weighted by molar-refractivity contribution is 7.10. The zero-order valence-corrected chi connectivity index (χ0v) is 10.8. The Morgan fingerprint density at radius 2 is 2.18 bits per heavy atom. The quantitative estimate of drug-likeness (QED) is 0.884. The van der Waals surface area contributed by atoms with Crippen LogP contribution in [0.5, 0.6) is 0 Å². The molecule has 2 heterocycles. The van der Waals surface area contributed by atoms with Crippen molar-refractivity contribution in [1.82, 2.24) is 10.2 Å². The van der Waals surface area contributed by atoms with Crippen molar-refractivity contribution in [3.05, 3.63) is 22.4 Å². The number of thiophene rings is 1. The summed E-state index contributed by atoms with van der Waals surface area (Å²) in [4.78, 5) is 26.1. The minimum absolute atomic E-state index is 0.00306. The lowest BCUT2D eigenvalue weighted by Gasteiger charge is -2.36. The van der Waals surface area contributed by atoms with Crippen molar-refractivity contribution in [1.29, 1.82) is 0 Å². The van der Waals surface area contributed by atoms with Gasteiger partial charge in [-0.3, -0.25) is 9.59 Å². The Kier molecular flexibility index (Phi) is 3.47. The largest absolute Gasteiger partial charge is 0.345 e. The van der Waals surface area contributed by atoms with E-state index in [0.717, 1.165) is 4.88 Å². The van der Waals surface area contributed by atoms with Gasteiger partial charge in [0.05, 0.1) is 12.6 Å². The van der Waals surface area contributed by atoms with Crippen LogP contribution in [0.2, 0.25) is 0 Å². The number of piperazine rings is 1. The van der Waals surface area contributed by atoms with Crippen molar-refractivity contribution in [2.45, 2.75) is 19.9 Å². The van der Waals surface area contributed by atoms with Crippen LogP contribution in [0, 0.1) is 5.92 Å². The maximum Gasteiger partial charge on any atom is 0.242 e. The van der Waals surface area contributed by atoms with Gasteiger partial charge in [-0.15, -0.1) is 11.3 Å². The average Bonchev–Trinajstić information content (AvgIpc) is 2.76. The van der Waals surface area contributed by atoms with Crippen LogP contribution in [0.15, 0.2) is 17.5 Å². The number of carbonyl (C=O) groups excluding carboxylic acids is 2. The molecule has 17 heavy (non-hydrogen) atoms. The van der Waals surface area contributed by atoms with Crippen molar-refractivity contribution in [3.8, 4) is 0 Å². The summed E-state index contributed by atoms with van der Waals surface area (Å²) in [5, 5.41) is 4.57. The van der Waals surface area contributed by atoms with Crippen molar-refractivity contribution in [3.63, 3.8) is 0 Å². The highest BCUT2D eigenvalue weighted by atomic mass is 32.1. The Balaban J connectivity index is 2.26. The summed E-state index contributed by atoms with van der Waals surface area (Å²) >= 11 is 1.63. The van der Waals surface area contributed by atoms with E-state index in [9.17, 15) is 9.59 Å². The third-order valence-corrected chi connectivity index (χ3v) is 3.82. The molecule has 1 aromatic rings. The number of rotatable bonds is 3. The smallest absolute Gasteiger partial charge is 0.242 e. The third-order valence-electron chi connectivity index (χ3n) is 2.87. The molecule has 0 saturated carbocycles. The number of amides is 2. The topological polar surface area (TPSA) is 49.4 Å². The van der Waals surface area contributed by atoms with Gasteiger partial charge in [0, 0.05) is 4.88 Å². The number of nitrogens with one attached hydrogen (secondary N) is 1. The maximum absolute atomic E-state index is 11.9. The average molecular weight is 252 g/mol. The van der Waals surface area contributed by atoms with E-state index in [0.29, 0.717) is 5.92 Å². The van der Waals surface area contributed by atoms with Gasteiger partial charge in [0.1, 0.15) is 6.54 Å². The normalized spacial score (nSPS) is 18.4. The Morgan fingerprint density at radius 1 is 1.41 bits per heavy atom. The molecule has 1 unspecified atom stereocenters. The number of hydrogen-bond acceptors (Lipinski definition) is 3. The molecular weight excluding hydrogens is 236 g/mol. The van der Waals surface area contributed by atoms with Gasteiger partial charge >= 0.3 is 0 Å². The van der Waals surface area contributed by atoms with Crippen LogP contribution in [-0.4, -0.2) is 29.8 Å². The van der Waals surface area contributed by atoms with Gasteiger partial charge in [-0.25, -0.2) is 0 Å². The van der Waals surface area contributed by atoms with E-state index < -0.39 is 0 Å². The Morgan fingerprint density at radius 3 is 2.76 bits per heavy atom. The molecule has 1 aromatic heterocycles. The molecule has 0 bridgehead atoms. The maximum atomic E-state index is 11.9. The van der Waals surface area contributed by atoms with E-state index in [1.165, 1.54) is 0 Å². The SMILES string of the molecule is CC(C)C(c1cccs1)N1CC(=O)NCC1=O. The van der Waals surface area contributed by atoms with Crippen molar-refractivity contribution >= 4 is 23.2 Å². The first kappa shape index (κ1) is 12.1. The van der Waals surface area contributed by atoms with Gasteiger partial charge < -0.3 is 10.2 Å². The molecule has 4 nitrogen and oxygen atoms in total. The van der Waals surface area contributed by atoms with E-state index in [1.807, 2.05) is 17.5 Å². The highest BCUT2D eigenvalue weighted by Gasteiger charge is 2.32. The van der Waals surface area contributed by atoms with Crippen LogP contribution >= 0.6 is 11.3 Å². The summed E-state index contributed by atoms with van der Waals surface area (Å²) in [7, 11) is 0. The Hall–Kier alpha value is -1.36. The van der Waals surface area contributed by atoms with E-state index in [1.54, 1.807) is 16.2 Å². The van der Waals surface area contributed by atoms with E-state index in [-0.39, 0.29) is 30.9 Å². The zero-order chi connectivity index (χ0) is 12.4. The third kappa shape index (κ3) is 2.49. The molecule has 1 N–H and O–H groups in total. The van der Waals surface area contributed by atoms with Crippen molar-refractivity contribution in [2.24, 2.45) is 5.92 Å². The molecule has 92 valence electrons. The van der Waals surface area contributed by atoms with Crippen molar-refractivity contribution in [2.75, 3.05) is 13.1 Å². The summed E-state index contributed by atoms with van der Waals surface area (Å²) < 4.78 is 0. The molecule has 1 aliphatic heterocycles. The lowest BCUT2D eigenvalue weighted by atomic mass is 10.00. The number of hydrogen-bond donors (Lipinski definition) is 1. The molecule has 1 aliphatic rings. The lowest BCUT2D eigenvalue weighted by molar-refractivity contribution is -0.143. The second-order valence-corrected chi connectivity index (χ2v) is 5.48. The first-order chi connectivity index (χ1) is 8.09. The van der Waals surface area contributed by atoms with Gasteiger partial charge in [0.2, 0.25) is 11.8 Å². The summed E-state index contributed by atoms with van der Waals surface area (Å²) in [6, 6.07) is 4.01. The minimum atomic E-state index is -0.0770. The standard InChI is InChI=1S/C12H16N2O2S/c1-8(2)12(9-4-3-5-17-9)14-7-10(15)13-6-11(14)16/h3-5,8,12H,6-7H2,1-2H3,(H,13,15). The van der Waals surface area contributed by atoms with Crippen LogP contribution in [0.4, 0.5) is 0 Å². The second kappa shape index (κ2) is 4.87. The van der Waals surface area contributed by atoms with Crippen molar-refractivity contribution < 1.29 is 9.59 Å². The van der Waals surface area contributed by atoms with E-state index in [2.05, 4.69) is 19.2 Å². The minimum Gasteiger partial charge on any atom is -0.345 e. The summed E-state index contributed by atoms with van der Waals surface area (Å²) in [6.45, 7) is 4.43. The van der Waals surface area contributed by atoms with Crippen LogP contribution in [0.3, 0.4) is 0 Å². The zero-order valence-electron chi connectivity index (χ0n) is 9.97. The summed E-state index contributed by atoms with van der Waals surface area (Å²) in [5.74, 6) is 0.215. The predicted molar refractivity (Wildman–Crippen MR) is 66.6 cm³/mol. The first-order valence-electron chi connectivity index (χ1n) is 5.69. The molecular formula is C12H16N2O2S. The molecule has 0 aromatic carbocycles. The van der Waals surface area contributed by atoms with Gasteiger partial charge in [0.25, 0.3) is 0 Å². The first-order valence-corrected chi connectivity index (χ1v) is 6.57. The Labute approximate surface area is 105 Å². The highest BCUT2D eigenvalue weighted by Crippen LogP contribution is 2.32. The molecule has 2 rings (SSSR count). The molecule has 1 saturated heterocycles. The predicted octanol–water partition coefficient (Wildman–Crippen LogP) is 1.40. The molecule has 1 fully saturated rings. The molecule has 2 amide bonds. The Bertz CT molecular complexity index is 414. The van der Waals surface area contributed by atoms with Crippen LogP contribution in [0.1, 0.15) is 24.8 Å².